The monoisotopic (exact) mass is 509 g/mol. The Hall–Kier alpha value is -1.94. The lowest BCUT2D eigenvalue weighted by Crippen LogP contribution is -2.30. The zero-order valence-electron chi connectivity index (χ0n) is 15.6. The summed E-state index contributed by atoms with van der Waals surface area (Å²) in [4.78, 5) is 30.2. The average molecular weight is 511 g/mol. The summed E-state index contributed by atoms with van der Waals surface area (Å²) in [6.07, 6.45) is -4.83. The molecule has 1 saturated heterocycles. The van der Waals surface area contributed by atoms with E-state index in [0.29, 0.717) is 5.69 Å². The predicted molar refractivity (Wildman–Crippen MR) is 117 cm³/mol. The number of amides is 2. The lowest BCUT2D eigenvalue weighted by atomic mass is 10.2. The fraction of sp³-hybridized carbons (Fsp3) is 0.211. The van der Waals surface area contributed by atoms with Crippen LogP contribution in [0, 0.1) is 0 Å². The van der Waals surface area contributed by atoms with Crippen molar-refractivity contribution in [3.8, 4) is 0 Å². The zero-order chi connectivity index (χ0) is 22.9. The summed E-state index contributed by atoms with van der Waals surface area (Å²) >= 11 is 18.5. The van der Waals surface area contributed by atoms with Gasteiger partial charge in [0.1, 0.15) is 5.25 Å². The van der Waals surface area contributed by atoms with Crippen LogP contribution in [0.25, 0.3) is 0 Å². The first-order valence-electron chi connectivity index (χ1n) is 8.61. The average Bonchev–Trinajstić information content (AvgIpc) is 2.94. The van der Waals surface area contributed by atoms with Crippen molar-refractivity contribution in [2.24, 2.45) is 4.99 Å². The van der Waals surface area contributed by atoms with Crippen molar-refractivity contribution in [1.82, 2.24) is 4.90 Å². The summed E-state index contributed by atoms with van der Waals surface area (Å²) < 4.78 is 39.2. The van der Waals surface area contributed by atoms with Crippen LogP contribution < -0.4 is 5.32 Å². The topological polar surface area (TPSA) is 61.8 Å². The fourth-order valence-corrected chi connectivity index (χ4v) is 4.40. The van der Waals surface area contributed by atoms with Crippen molar-refractivity contribution < 1.29 is 22.8 Å². The summed E-state index contributed by atoms with van der Waals surface area (Å²) in [6.45, 7) is 0. The van der Waals surface area contributed by atoms with E-state index in [1.807, 2.05) is 0 Å². The molecule has 164 valence electrons. The number of amidine groups is 1. The van der Waals surface area contributed by atoms with Crippen molar-refractivity contribution in [2.75, 3.05) is 12.4 Å². The number of benzene rings is 2. The molecule has 1 aliphatic rings. The Labute approximate surface area is 194 Å². The molecule has 0 aliphatic carbocycles. The van der Waals surface area contributed by atoms with Crippen LogP contribution in [0.4, 0.5) is 24.5 Å². The zero-order valence-corrected chi connectivity index (χ0v) is 18.7. The molecule has 1 aliphatic heterocycles. The Bertz CT molecular complexity index is 1080. The van der Waals surface area contributed by atoms with Gasteiger partial charge in [-0.3, -0.25) is 14.5 Å². The second kappa shape index (κ2) is 9.28. The summed E-state index contributed by atoms with van der Waals surface area (Å²) in [5.74, 6) is -0.878. The summed E-state index contributed by atoms with van der Waals surface area (Å²) in [6, 6.07) is 7.94. The Morgan fingerprint density at radius 2 is 1.90 bits per heavy atom. The number of aliphatic imine (C=N–C) groups is 1. The quantitative estimate of drug-likeness (QED) is 0.528. The number of nitrogens with zero attached hydrogens (tertiary/aromatic N) is 2. The van der Waals surface area contributed by atoms with Gasteiger partial charge in [-0.1, -0.05) is 52.6 Å². The summed E-state index contributed by atoms with van der Waals surface area (Å²) in [5.41, 5.74) is -0.741. The first kappa shape index (κ1) is 23.7. The highest BCUT2D eigenvalue weighted by atomic mass is 35.5. The van der Waals surface area contributed by atoms with Crippen LogP contribution >= 0.6 is 46.6 Å². The van der Waals surface area contributed by atoms with Gasteiger partial charge >= 0.3 is 6.18 Å². The Kier molecular flexibility index (Phi) is 7.10. The van der Waals surface area contributed by atoms with E-state index in [9.17, 15) is 22.8 Å². The van der Waals surface area contributed by atoms with Crippen molar-refractivity contribution in [2.45, 2.75) is 17.8 Å². The lowest BCUT2D eigenvalue weighted by molar-refractivity contribution is -0.137. The molecule has 0 radical (unpaired) electrons. The highest BCUT2D eigenvalue weighted by Gasteiger charge is 2.37. The Morgan fingerprint density at radius 3 is 2.58 bits per heavy atom. The van der Waals surface area contributed by atoms with E-state index in [1.54, 1.807) is 18.2 Å². The number of halogens is 6. The molecular weight excluding hydrogens is 498 g/mol. The van der Waals surface area contributed by atoms with Gasteiger partial charge in [0, 0.05) is 13.5 Å². The maximum atomic E-state index is 13.1. The molecule has 3 rings (SSSR count). The molecule has 0 spiro atoms. The molecule has 1 heterocycles. The van der Waals surface area contributed by atoms with E-state index in [-0.39, 0.29) is 27.3 Å². The third kappa shape index (κ3) is 5.46. The van der Waals surface area contributed by atoms with E-state index >= 15 is 0 Å². The minimum atomic E-state index is -4.64. The summed E-state index contributed by atoms with van der Waals surface area (Å²) in [5, 5.41) is 1.95. The second-order valence-electron chi connectivity index (χ2n) is 6.41. The standard InChI is InChI=1S/C19H13Cl3F3N3O2S/c1-28-17(30)14(8-15(29)27-13-4-2-3-12(21)16(13)22)31-18(28)26-9-5-6-11(20)10(7-9)19(23,24)25/h2-7,14H,8H2,1H3,(H,27,29)/t14-/m0/s1. The largest absolute Gasteiger partial charge is 0.417 e. The van der Waals surface area contributed by atoms with Crippen LogP contribution in [0.3, 0.4) is 0 Å². The maximum Gasteiger partial charge on any atom is 0.417 e. The van der Waals surface area contributed by atoms with Crippen LogP contribution in [-0.4, -0.2) is 34.2 Å². The van der Waals surface area contributed by atoms with Crippen molar-refractivity contribution in [1.29, 1.82) is 0 Å². The highest BCUT2D eigenvalue weighted by molar-refractivity contribution is 8.15. The van der Waals surface area contributed by atoms with Gasteiger partial charge < -0.3 is 5.32 Å². The molecule has 31 heavy (non-hydrogen) atoms. The predicted octanol–water partition coefficient (Wildman–Crippen LogP) is 6.26. The molecule has 2 aromatic rings. The van der Waals surface area contributed by atoms with Gasteiger partial charge in [-0.25, -0.2) is 4.99 Å². The van der Waals surface area contributed by atoms with E-state index < -0.39 is 33.8 Å². The normalized spacial score (nSPS) is 18.0. The van der Waals surface area contributed by atoms with E-state index in [0.717, 1.165) is 23.9 Å². The molecule has 2 aromatic carbocycles. The van der Waals surface area contributed by atoms with Crippen LogP contribution in [0.15, 0.2) is 41.4 Å². The molecule has 5 nitrogen and oxygen atoms in total. The number of hydrogen-bond acceptors (Lipinski definition) is 4. The number of hydrogen-bond donors (Lipinski definition) is 1. The lowest BCUT2D eigenvalue weighted by Gasteiger charge is -2.11. The third-order valence-corrected chi connectivity index (χ3v) is 6.59. The van der Waals surface area contributed by atoms with Crippen LogP contribution in [0.1, 0.15) is 12.0 Å². The molecule has 0 saturated carbocycles. The van der Waals surface area contributed by atoms with Crippen LogP contribution in [0.5, 0.6) is 0 Å². The molecule has 2 amide bonds. The van der Waals surface area contributed by atoms with Crippen molar-refractivity contribution in [3.63, 3.8) is 0 Å². The molecular formula is C19H13Cl3F3N3O2S. The number of rotatable bonds is 4. The SMILES string of the molecule is CN1C(=O)[C@H](CC(=O)Nc2cccc(Cl)c2Cl)SC1=Nc1ccc(Cl)c(C(F)(F)F)c1. The van der Waals surface area contributed by atoms with E-state index in [4.69, 9.17) is 34.8 Å². The van der Waals surface area contributed by atoms with Crippen LogP contribution in [-0.2, 0) is 15.8 Å². The number of anilines is 1. The smallest absolute Gasteiger partial charge is 0.325 e. The van der Waals surface area contributed by atoms with Gasteiger partial charge in [-0.15, -0.1) is 0 Å². The summed E-state index contributed by atoms with van der Waals surface area (Å²) in [7, 11) is 1.43. The number of thioether (sulfide) groups is 1. The van der Waals surface area contributed by atoms with Crippen molar-refractivity contribution in [3.05, 3.63) is 57.0 Å². The van der Waals surface area contributed by atoms with E-state index in [1.165, 1.54) is 18.0 Å². The Balaban J connectivity index is 1.75. The number of carbonyl (C=O) groups is 2. The number of carbonyl (C=O) groups excluding carboxylic acids is 2. The van der Waals surface area contributed by atoms with Gasteiger partial charge in [0.25, 0.3) is 0 Å². The minimum Gasteiger partial charge on any atom is -0.325 e. The Morgan fingerprint density at radius 1 is 1.19 bits per heavy atom. The third-order valence-electron chi connectivity index (χ3n) is 4.22. The van der Waals surface area contributed by atoms with Gasteiger partial charge in [-0.05, 0) is 30.3 Å². The van der Waals surface area contributed by atoms with Gasteiger partial charge in [-0.2, -0.15) is 13.2 Å². The van der Waals surface area contributed by atoms with Gasteiger partial charge in [0.05, 0.1) is 32.0 Å². The van der Waals surface area contributed by atoms with Gasteiger partial charge in [0.15, 0.2) is 5.17 Å². The molecule has 12 heteroatoms. The molecule has 0 aromatic heterocycles. The second-order valence-corrected chi connectivity index (χ2v) is 8.78. The minimum absolute atomic E-state index is 0.0188. The molecule has 1 fully saturated rings. The van der Waals surface area contributed by atoms with Gasteiger partial charge in [0.2, 0.25) is 11.8 Å². The van der Waals surface area contributed by atoms with Crippen LogP contribution in [0.2, 0.25) is 15.1 Å². The molecule has 0 bridgehead atoms. The highest BCUT2D eigenvalue weighted by Crippen LogP contribution is 2.38. The van der Waals surface area contributed by atoms with Crippen molar-refractivity contribution >= 4 is 74.9 Å². The molecule has 1 N–H and O–H groups in total. The number of nitrogens with one attached hydrogen (secondary N) is 1. The molecule has 0 unspecified atom stereocenters. The fourth-order valence-electron chi connectivity index (χ4n) is 2.68. The first-order valence-corrected chi connectivity index (χ1v) is 10.6. The number of alkyl halides is 3. The van der Waals surface area contributed by atoms with E-state index in [2.05, 4.69) is 10.3 Å². The molecule has 1 atom stereocenters. The first-order chi connectivity index (χ1) is 14.5. The maximum absolute atomic E-state index is 13.1.